The summed E-state index contributed by atoms with van der Waals surface area (Å²) in [7, 11) is 1.06. The van der Waals surface area contributed by atoms with E-state index in [-0.39, 0.29) is 5.95 Å². The highest BCUT2D eigenvalue weighted by molar-refractivity contribution is 6.34. The molecule has 0 atom stereocenters. The quantitative estimate of drug-likeness (QED) is 0.731. The van der Waals surface area contributed by atoms with Crippen molar-refractivity contribution in [2.75, 3.05) is 5.32 Å². The van der Waals surface area contributed by atoms with Crippen LogP contribution in [0.5, 0.6) is 0 Å². The van der Waals surface area contributed by atoms with Gasteiger partial charge in [-0.3, -0.25) is 14.8 Å². The fraction of sp³-hybridized carbons (Fsp3) is 0.250. The summed E-state index contributed by atoms with van der Waals surface area (Å²) >= 11 is 5.69. The Morgan fingerprint density at radius 2 is 2.04 bits per heavy atom. The molecule has 0 bridgehead atoms. The van der Waals surface area contributed by atoms with Crippen molar-refractivity contribution in [3.63, 3.8) is 0 Å². The summed E-state index contributed by atoms with van der Waals surface area (Å²) in [5.74, 6) is -0.998. The SMILES string of the molecule is Cc1cccc(Cn2cnc(NC(=O)c3nn(C)c(C(F)(F)F)c3Cl)n2)c1. The zero-order valence-electron chi connectivity index (χ0n) is 14.3. The van der Waals surface area contributed by atoms with E-state index in [1.807, 2.05) is 31.2 Å². The minimum Gasteiger partial charge on any atom is -0.288 e. The maximum atomic E-state index is 12.9. The number of anilines is 1. The number of hydrogen-bond acceptors (Lipinski definition) is 4. The van der Waals surface area contributed by atoms with E-state index >= 15 is 0 Å². The van der Waals surface area contributed by atoms with Crippen LogP contribution in [0.15, 0.2) is 30.6 Å². The third-order valence-electron chi connectivity index (χ3n) is 3.66. The molecular formula is C16H14ClF3N6O. The van der Waals surface area contributed by atoms with Gasteiger partial charge in [-0.15, -0.1) is 5.10 Å². The number of carbonyl (C=O) groups excluding carboxylic acids is 1. The van der Waals surface area contributed by atoms with Gasteiger partial charge in [0.25, 0.3) is 5.91 Å². The fourth-order valence-corrected chi connectivity index (χ4v) is 2.89. The highest BCUT2D eigenvalue weighted by Crippen LogP contribution is 2.36. The first-order valence-corrected chi connectivity index (χ1v) is 8.09. The van der Waals surface area contributed by atoms with Crippen LogP contribution in [0.4, 0.5) is 19.1 Å². The van der Waals surface area contributed by atoms with Crippen molar-refractivity contribution in [3.05, 3.63) is 58.1 Å². The van der Waals surface area contributed by atoms with Crippen LogP contribution in [0.1, 0.15) is 27.3 Å². The summed E-state index contributed by atoms with van der Waals surface area (Å²) in [6, 6.07) is 7.76. The van der Waals surface area contributed by atoms with Crippen LogP contribution in [-0.4, -0.2) is 30.5 Å². The number of hydrogen-bond donors (Lipinski definition) is 1. The Labute approximate surface area is 156 Å². The summed E-state index contributed by atoms with van der Waals surface area (Å²) in [6.07, 6.45) is -3.33. The van der Waals surface area contributed by atoms with Gasteiger partial charge in [0.05, 0.1) is 6.54 Å². The van der Waals surface area contributed by atoms with Crippen LogP contribution >= 0.6 is 11.6 Å². The molecule has 3 rings (SSSR count). The van der Waals surface area contributed by atoms with Crippen molar-refractivity contribution in [1.29, 1.82) is 0 Å². The average molecular weight is 399 g/mol. The highest BCUT2D eigenvalue weighted by atomic mass is 35.5. The third kappa shape index (κ3) is 4.11. The van der Waals surface area contributed by atoms with E-state index in [9.17, 15) is 18.0 Å². The zero-order valence-corrected chi connectivity index (χ0v) is 15.0. The van der Waals surface area contributed by atoms with Gasteiger partial charge < -0.3 is 0 Å². The molecule has 27 heavy (non-hydrogen) atoms. The third-order valence-corrected chi connectivity index (χ3v) is 4.02. The summed E-state index contributed by atoms with van der Waals surface area (Å²) in [5.41, 5.74) is 0.320. The van der Waals surface area contributed by atoms with Crippen molar-refractivity contribution >= 4 is 23.5 Å². The Morgan fingerprint density at radius 1 is 1.30 bits per heavy atom. The lowest BCUT2D eigenvalue weighted by Gasteiger charge is -2.06. The number of alkyl halides is 3. The number of nitrogens with zero attached hydrogens (tertiary/aromatic N) is 5. The molecule has 2 heterocycles. The Bertz CT molecular complexity index is 994. The summed E-state index contributed by atoms with van der Waals surface area (Å²) in [6.45, 7) is 2.38. The molecule has 0 saturated carbocycles. The van der Waals surface area contributed by atoms with Gasteiger partial charge in [0, 0.05) is 7.05 Å². The van der Waals surface area contributed by atoms with Crippen LogP contribution in [0.3, 0.4) is 0 Å². The van der Waals surface area contributed by atoms with Gasteiger partial charge in [-0.2, -0.15) is 18.3 Å². The van der Waals surface area contributed by atoms with Crippen molar-refractivity contribution in [2.45, 2.75) is 19.6 Å². The van der Waals surface area contributed by atoms with Gasteiger partial charge in [0.2, 0.25) is 5.95 Å². The van der Waals surface area contributed by atoms with E-state index in [0.29, 0.717) is 11.2 Å². The molecule has 0 unspecified atom stereocenters. The maximum absolute atomic E-state index is 12.9. The molecule has 1 amide bonds. The number of halogens is 4. The van der Waals surface area contributed by atoms with Gasteiger partial charge in [0.15, 0.2) is 11.4 Å². The second kappa shape index (κ2) is 7.03. The van der Waals surface area contributed by atoms with Gasteiger partial charge >= 0.3 is 6.18 Å². The van der Waals surface area contributed by atoms with E-state index in [0.717, 1.165) is 18.2 Å². The summed E-state index contributed by atoms with van der Waals surface area (Å²) in [5, 5.41) is 9.15. The number of amides is 1. The lowest BCUT2D eigenvalue weighted by atomic mass is 10.1. The zero-order chi connectivity index (χ0) is 19.8. The second-order valence-electron chi connectivity index (χ2n) is 5.84. The molecule has 1 N–H and O–H groups in total. The predicted octanol–water partition coefficient (Wildman–Crippen LogP) is 3.29. The fourth-order valence-electron chi connectivity index (χ4n) is 2.54. The van der Waals surface area contributed by atoms with Crippen LogP contribution < -0.4 is 5.32 Å². The van der Waals surface area contributed by atoms with Crippen molar-refractivity contribution in [1.82, 2.24) is 24.5 Å². The smallest absolute Gasteiger partial charge is 0.288 e. The Kier molecular flexibility index (Phi) is 4.92. The number of aromatic nitrogens is 5. The molecule has 7 nitrogen and oxygen atoms in total. The van der Waals surface area contributed by atoms with Gasteiger partial charge in [0.1, 0.15) is 11.3 Å². The van der Waals surface area contributed by atoms with Gasteiger partial charge in [-0.1, -0.05) is 41.4 Å². The summed E-state index contributed by atoms with van der Waals surface area (Å²) in [4.78, 5) is 16.1. The molecule has 0 aliphatic rings. The lowest BCUT2D eigenvalue weighted by molar-refractivity contribution is -0.143. The molecule has 142 valence electrons. The number of nitrogens with one attached hydrogen (secondary N) is 1. The van der Waals surface area contributed by atoms with E-state index in [4.69, 9.17) is 11.6 Å². The van der Waals surface area contributed by atoms with Gasteiger partial charge in [-0.25, -0.2) is 9.67 Å². The van der Waals surface area contributed by atoms with Crippen molar-refractivity contribution in [3.8, 4) is 0 Å². The number of rotatable bonds is 4. The van der Waals surface area contributed by atoms with Crippen LogP contribution in [0.2, 0.25) is 5.02 Å². The monoisotopic (exact) mass is 398 g/mol. The Balaban J connectivity index is 1.75. The van der Waals surface area contributed by atoms with Gasteiger partial charge in [-0.05, 0) is 12.5 Å². The Hall–Kier alpha value is -2.88. The standard InChI is InChI=1S/C16H14ClF3N6O/c1-9-4-3-5-10(6-9)7-26-8-21-15(24-26)22-14(27)12-11(17)13(16(18,19)20)25(2)23-12/h3-6,8H,7H2,1-2H3,(H,22,24,27). The average Bonchev–Trinajstić information content (AvgIpc) is 3.10. The molecule has 0 saturated heterocycles. The van der Waals surface area contributed by atoms with E-state index in [1.165, 1.54) is 11.0 Å². The first kappa shape index (κ1) is 18.9. The topological polar surface area (TPSA) is 77.6 Å². The maximum Gasteiger partial charge on any atom is 0.434 e. The van der Waals surface area contributed by atoms with E-state index in [2.05, 4.69) is 20.5 Å². The minimum atomic E-state index is -4.73. The molecule has 2 aromatic heterocycles. The van der Waals surface area contributed by atoms with Crippen LogP contribution in [-0.2, 0) is 19.8 Å². The molecule has 0 fully saturated rings. The normalized spacial score (nSPS) is 11.6. The lowest BCUT2D eigenvalue weighted by Crippen LogP contribution is -2.15. The second-order valence-corrected chi connectivity index (χ2v) is 6.22. The molecule has 3 aromatic rings. The molecule has 11 heteroatoms. The van der Waals surface area contributed by atoms with E-state index < -0.39 is 28.5 Å². The van der Waals surface area contributed by atoms with Crippen LogP contribution in [0, 0.1) is 6.92 Å². The minimum absolute atomic E-state index is 0.0667. The molecule has 1 aromatic carbocycles. The summed E-state index contributed by atoms with van der Waals surface area (Å²) < 4.78 is 40.8. The predicted molar refractivity (Wildman–Crippen MR) is 91.5 cm³/mol. The molecule has 0 aliphatic heterocycles. The highest BCUT2D eigenvalue weighted by Gasteiger charge is 2.40. The molecule has 0 radical (unpaired) electrons. The van der Waals surface area contributed by atoms with E-state index in [1.54, 1.807) is 0 Å². The Morgan fingerprint density at radius 3 is 2.67 bits per heavy atom. The molecule has 0 spiro atoms. The van der Waals surface area contributed by atoms with Crippen molar-refractivity contribution < 1.29 is 18.0 Å². The van der Waals surface area contributed by atoms with Crippen LogP contribution in [0.25, 0.3) is 0 Å². The number of benzene rings is 1. The first-order valence-electron chi connectivity index (χ1n) is 7.71. The molecule has 0 aliphatic carbocycles. The van der Waals surface area contributed by atoms with Crippen molar-refractivity contribution in [2.24, 2.45) is 7.05 Å². The first-order chi connectivity index (χ1) is 12.6. The largest absolute Gasteiger partial charge is 0.434 e. The number of carbonyl (C=O) groups is 1. The molecular weight excluding hydrogens is 385 g/mol. The number of aryl methyl sites for hydroxylation is 2.